The third-order valence-corrected chi connectivity index (χ3v) is 6.35. The van der Waals surface area contributed by atoms with Crippen LogP contribution in [0.4, 0.5) is 8.78 Å². The Bertz CT molecular complexity index is 1310. The number of nitrogens with one attached hydrogen (secondary N) is 1. The summed E-state index contributed by atoms with van der Waals surface area (Å²) in [6.07, 6.45) is 0. The Morgan fingerprint density at radius 2 is 1.91 bits per heavy atom. The predicted octanol–water partition coefficient (Wildman–Crippen LogP) is 5.45. The van der Waals surface area contributed by atoms with E-state index < -0.39 is 6.61 Å². The molecule has 0 saturated heterocycles. The molecule has 0 radical (unpaired) electrons. The number of halogens is 2. The molecule has 4 aromatic rings. The minimum atomic E-state index is -2.93. The summed E-state index contributed by atoms with van der Waals surface area (Å²) < 4.78 is 34.8. The molecule has 0 spiro atoms. The van der Waals surface area contributed by atoms with E-state index in [2.05, 4.69) is 9.72 Å². The molecule has 0 aliphatic rings. The molecule has 9 heteroatoms. The summed E-state index contributed by atoms with van der Waals surface area (Å²) in [5.41, 5.74) is 2.51. The fraction of sp³-hybridized carbons (Fsp3) is 0.250. The zero-order valence-electron chi connectivity index (χ0n) is 18.3. The maximum atomic E-state index is 13.0. The van der Waals surface area contributed by atoms with Crippen LogP contribution in [0.25, 0.3) is 21.3 Å². The third-order valence-electron chi connectivity index (χ3n) is 5.48. The van der Waals surface area contributed by atoms with Crippen LogP contribution in [0.1, 0.15) is 24.4 Å². The molecule has 0 aliphatic carbocycles. The number of hydrogen-bond acceptors (Lipinski definition) is 6. The number of nitrogens with zero attached hydrogens (tertiary/aromatic N) is 2. The maximum absolute atomic E-state index is 13.0. The van der Waals surface area contributed by atoms with Crippen molar-refractivity contribution in [3.63, 3.8) is 0 Å². The summed E-state index contributed by atoms with van der Waals surface area (Å²) >= 11 is 1.44. The molecule has 2 aromatic heterocycles. The highest BCUT2D eigenvalue weighted by Gasteiger charge is 2.19. The molecule has 2 aromatic carbocycles. The first-order chi connectivity index (χ1) is 15.9. The number of aromatic nitrogens is 2. The van der Waals surface area contributed by atoms with Gasteiger partial charge in [-0.2, -0.15) is 8.78 Å². The van der Waals surface area contributed by atoms with E-state index in [9.17, 15) is 13.6 Å². The molecule has 0 aliphatic heterocycles. The number of H-pyrrole nitrogens is 1. The van der Waals surface area contributed by atoms with Crippen molar-refractivity contribution in [2.45, 2.75) is 26.1 Å². The van der Waals surface area contributed by atoms with Gasteiger partial charge in [0.05, 0.1) is 18.5 Å². The van der Waals surface area contributed by atoms with Gasteiger partial charge >= 0.3 is 6.61 Å². The van der Waals surface area contributed by atoms with Crippen molar-refractivity contribution in [2.24, 2.45) is 0 Å². The van der Waals surface area contributed by atoms with Crippen molar-refractivity contribution in [3.8, 4) is 22.6 Å². The number of rotatable bonds is 8. The standard InChI is InChI=1S/C24H23F2N3O3S/c1-14(29(2)12-15-9-10-18(32-24(25)26)19(11-15)31-3)21-27-22(30)20-17(13-33-23(20)28-21)16-7-5-4-6-8-16/h4-11,13-14,24H,12H2,1-3H3,(H,27,28,30). The van der Waals surface area contributed by atoms with Crippen molar-refractivity contribution in [3.05, 3.63) is 75.7 Å². The first-order valence-electron chi connectivity index (χ1n) is 10.3. The number of alkyl halides is 2. The number of fused-ring (bicyclic) bond motifs is 1. The van der Waals surface area contributed by atoms with Crippen molar-refractivity contribution < 1.29 is 18.3 Å². The van der Waals surface area contributed by atoms with Crippen LogP contribution in [0.2, 0.25) is 0 Å². The molecule has 33 heavy (non-hydrogen) atoms. The van der Waals surface area contributed by atoms with Gasteiger partial charge in [0.25, 0.3) is 5.56 Å². The van der Waals surface area contributed by atoms with Gasteiger partial charge in [0.15, 0.2) is 11.5 Å². The monoisotopic (exact) mass is 471 g/mol. The lowest BCUT2D eigenvalue weighted by molar-refractivity contribution is -0.0512. The van der Waals surface area contributed by atoms with E-state index in [0.29, 0.717) is 22.6 Å². The van der Waals surface area contributed by atoms with Crippen molar-refractivity contribution in [2.75, 3.05) is 14.2 Å². The third kappa shape index (κ3) is 4.89. The average molecular weight is 472 g/mol. The molecule has 4 rings (SSSR count). The molecule has 1 N–H and O–H groups in total. The maximum Gasteiger partial charge on any atom is 0.387 e. The SMILES string of the molecule is COc1cc(CN(C)C(C)c2nc3scc(-c4ccccc4)c3c(=O)[nH]2)ccc1OC(F)F. The lowest BCUT2D eigenvalue weighted by Crippen LogP contribution is -2.25. The van der Waals surface area contributed by atoms with Gasteiger partial charge in [-0.15, -0.1) is 11.3 Å². The van der Waals surface area contributed by atoms with E-state index in [1.165, 1.54) is 24.5 Å². The van der Waals surface area contributed by atoms with E-state index in [1.54, 1.807) is 12.1 Å². The van der Waals surface area contributed by atoms with Crippen LogP contribution >= 0.6 is 11.3 Å². The van der Waals surface area contributed by atoms with Crippen LogP contribution in [0, 0.1) is 0 Å². The number of ether oxygens (including phenoxy) is 2. The molecule has 0 bridgehead atoms. The minimum absolute atomic E-state index is 0.0182. The van der Waals surface area contributed by atoms with Crippen molar-refractivity contribution >= 4 is 21.6 Å². The molecule has 0 fully saturated rings. The Labute approximate surface area is 193 Å². The van der Waals surface area contributed by atoms with Gasteiger partial charge in [0.2, 0.25) is 0 Å². The van der Waals surface area contributed by atoms with E-state index in [0.717, 1.165) is 16.7 Å². The van der Waals surface area contributed by atoms with Gasteiger partial charge in [-0.05, 0) is 37.2 Å². The molecular formula is C24H23F2N3O3S. The second-order valence-corrected chi connectivity index (χ2v) is 8.46. The van der Waals surface area contributed by atoms with Gasteiger partial charge in [0.1, 0.15) is 10.7 Å². The summed E-state index contributed by atoms with van der Waals surface area (Å²) in [4.78, 5) is 23.3. The topological polar surface area (TPSA) is 67.5 Å². The van der Waals surface area contributed by atoms with Gasteiger partial charge in [-0.1, -0.05) is 36.4 Å². The molecular weight excluding hydrogens is 448 g/mol. The fourth-order valence-corrected chi connectivity index (χ4v) is 4.59. The first kappa shape index (κ1) is 22.9. The quantitative estimate of drug-likeness (QED) is 0.370. The number of hydrogen-bond donors (Lipinski definition) is 1. The van der Waals surface area contributed by atoms with E-state index >= 15 is 0 Å². The van der Waals surface area contributed by atoms with Crippen LogP contribution < -0.4 is 15.0 Å². The largest absolute Gasteiger partial charge is 0.493 e. The van der Waals surface area contributed by atoms with Crippen LogP contribution in [0.15, 0.2) is 58.7 Å². The summed E-state index contributed by atoms with van der Waals surface area (Å²) in [7, 11) is 3.30. The lowest BCUT2D eigenvalue weighted by Gasteiger charge is -2.24. The fourth-order valence-electron chi connectivity index (χ4n) is 3.63. The molecule has 0 saturated carbocycles. The molecule has 1 unspecified atom stereocenters. The van der Waals surface area contributed by atoms with E-state index in [1.807, 2.05) is 54.6 Å². The number of thiophene rings is 1. The lowest BCUT2D eigenvalue weighted by atomic mass is 10.1. The van der Waals surface area contributed by atoms with Crippen LogP contribution in [0.3, 0.4) is 0 Å². The Morgan fingerprint density at radius 1 is 1.15 bits per heavy atom. The molecule has 0 amide bonds. The van der Waals surface area contributed by atoms with Gasteiger partial charge in [0, 0.05) is 17.5 Å². The van der Waals surface area contributed by atoms with E-state index in [4.69, 9.17) is 9.72 Å². The molecule has 2 heterocycles. The molecule has 6 nitrogen and oxygen atoms in total. The predicted molar refractivity (Wildman–Crippen MR) is 125 cm³/mol. The normalized spacial score (nSPS) is 12.5. The second-order valence-electron chi connectivity index (χ2n) is 7.60. The zero-order valence-corrected chi connectivity index (χ0v) is 19.2. The summed E-state index contributed by atoms with van der Waals surface area (Å²) in [6.45, 7) is -0.500. The number of methoxy groups -OCH3 is 1. The van der Waals surface area contributed by atoms with Crippen molar-refractivity contribution in [1.82, 2.24) is 14.9 Å². The Morgan fingerprint density at radius 3 is 2.61 bits per heavy atom. The van der Waals surface area contributed by atoms with Gasteiger partial charge in [-0.3, -0.25) is 9.69 Å². The van der Waals surface area contributed by atoms with Crippen LogP contribution in [-0.4, -0.2) is 35.6 Å². The van der Waals surface area contributed by atoms with Gasteiger partial charge in [-0.25, -0.2) is 4.98 Å². The summed E-state index contributed by atoms with van der Waals surface area (Å²) in [5.74, 6) is 0.769. The zero-order chi connectivity index (χ0) is 23.5. The summed E-state index contributed by atoms with van der Waals surface area (Å²) in [6, 6.07) is 14.4. The first-order valence-corrected chi connectivity index (χ1v) is 11.1. The smallest absolute Gasteiger partial charge is 0.387 e. The highest BCUT2D eigenvalue weighted by Crippen LogP contribution is 2.32. The van der Waals surface area contributed by atoms with Crippen molar-refractivity contribution in [1.29, 1.82) is 0 Å². The molecule has 172 valence electrons. The highest BCUT2D eigenvalue weighted by molar-refractivity contribution is 7.17. The van der Waals surface area contributed by atoms with Gasteiger partial charge < -0.3 is 14.5 Å². The number of benzene rings is 2. The Kier molecular flexibility index (Phi) is 6.71. The second kappa shape index (κ2) is 9.68. The van der Waals surface area contributed by atoms with E-state index in [-0.39, 0.29) is 23.1 Å². The Balaban J connectivity index is 1.57. The average Bonchev–Trinajstić information content (AvgIpc) is 3.24. The Hall–Kier alpha value is -3.30. The number of aromatic amines is 1. The minimum Gasteiger partial charge on any atom is -0.493 e. The van der Waals surface area contributed by atoms with Crippen LogP contribution in [-0.2, 0) is 6.54 Å². The summed E-state index contributed by atoms with van der Waals surface area (Å²) in [5, 5.41) is 2.54. The van der Waals surface area contributed by atoms with Crippen LogP contribution in [0.5, 0.6) is 11.5 Å². The molecule has 1 atom stereocenters. The highest BCUT2D eigenvalue weighted by atomic mass is 32.1.